The van der Waals surface area contributed by atoms with Gasteiger partial charge in [0.1, 0.15) is 0 Å². The molecule has 0 radical (unpaired) electrons. The molecule has 0 aliphatic heterocycles. The van der Waals surface area contributed by atoms with Crippen molar-refractivity contribution in [3.05, 3.63) is 11.4 Å². The lowest BCUT2D eigenvalue weighted by molar-refractivity contribution is 0.0644. The Balaban J connectivity index is 2.76. The van der Waals surface area contributed by atoms with Gasteiger partial charge in [-0.3, -0.25) is 0 Å². The van der Waals surface area contributed by atoms with Gasteiger partial charge in [0.2, 0.25) is 0 Å². The average Bonchev–Trinajstić information content (AvgIpc) is 2.72. The summed E-state index contributed by atoms with van der Waals surface area (Å²) < 4.78 is 11.8. The molecule has 0 amide bonds. The van der Waals surface area contributed by atoms with Crippen molar-refractivity contribution in [1.29, 1.82) is 0 Å². The van der Waals surface area contributed by atoms with Crippen LogP contribution in [-0.4, -0.2) is 53.0 Å². The summed E-state index contributed by atoms with van der Waals surface area (Å²) in [6.45, 7) is 7.73. The molecule has 0 atom stereocenters. The Morgan fingerprint density at radius 1 is 1.32 bits per heavy atom. The maximum absolute atomic E-state index is 11.1. The molecular weight excluding hydrogens is 250 g/mol. The molecular formula is C12H21N3O4. The number of aromatic carboxylic acids is 1. The molecule has 108 valence electrons. The molecule has 1 aromatic heterocycles. The Labute approximate surface area is 112 Å². The standard InChI is InChI=1S/C12H21N3O4/c1-12(2,3)10-9(11(16)17)13-14-15(10)5-6-19-8-7-18-4/h5-8H2,1-4H3,(H,16,17). The highest BCUT2D eigenvalue weighted by atomic mass is 16.5. The minimum Gasteiger partial charge on any atom is -0.476 e. The highest BCUT2D eigenvalue weighted by Crippen LogP contribution is 2.24. The van der Waals surface area contributed by atoms with E-state index in [1.54, 1.807) is 11.8 Å². The van der Waals surface area contributed by atoms with Crippen molar-refractivity contribution < 1.29 is 19.4 Å². The number of carboxylic acids is 1. The summed E-state index contributed by atoms with van der Waals surface area (Å²) >= 11 is 0. The lowest BCUT2D eigenvalue weighted by atomic mass is 9.90. The van der Waals surface area contributed by atoms with E-state index < -0.39 is 5.97 Å². The number of aromatic nitrogens is 3. The third-order valence-corrected chi connectivity index (χ3v) is 2.53. The zero-order valence-electron chi connectivity index (χ0n) is 11.8. The molecule has 7 heteroatoms. The second-order valence-electron chi connectivity index (χ2n) is 5.17. The first-order valence-corrected chi connectivity index (χ1v) is 6.12. The number of carboxylic acid groups (broad SMARTS) is 1. The summed E-state index contributed by atoms with van der Waals surface area (Å²) in [5.41, 5.74) is 0.267. The van der Waals surface area contributed by atoms with Gasteiger partial charge in [-0.2, -0.15) is 0 Å². The van der Waals surface area contributed by atoms with Gasteiger partial charge in [0.15, 0.2) is 5.69 Å². The predicted molar refractivity (Wildman–Crippen MR) is 68.4 cm³/mol. The molecule has 0 aromatic carbocycles. The van der Waals surface area contributed by atoms with Gasteiger partial charge in [-0.15, -0.1) is 5.10 Å². The molecule has 1 heterocycles. The van der Waals surface area contributed by atoms with Crippen LogP contribution in [0.1, 0.15) is 37.0 Å². The predicted octanol–water partition coefficient (Wildman–Crippen LogP) is 0.937. The van der Waals surface area contributed by atoms with Crippen molar-refractivity contribution in [2.75, 3.05) is 26.9 Å². The van der Waals surface area contributed by atoms with Crippen LogP contribution in [0.4, 0.5) is 0 Å². The molecule has 0 saturated carbocycles. The van der Waals surface area contributed by atoms with Gasteiger partial charge >= 0.3 is 5.97 Å². The van der Waals surface area contributed by atoms with Crippen molar-refractivity contribution in [1.82, 2.24) is 15.0 Å². The van der Waals surface area contributed by atoms with Gasteiger partial charge in [-0.1, -0.05) is 26.0 Å². The van der Waals surface area contributed by atoms with Crippen LogP contribution in [0, 0.1) is 0 Å². The summed E-state index contributed by atoms with van der Waals surface area (Å²) in [6.07, 6.45) is 0. The number of carbonyl (C=O) groups is 1. The molecule has 1 aromatic rings. The van der Waals surface area contributed by atoms with Crippen LogP contribution in [-0.2, 0) is 21.4 Å². The van der Waals surface area contributed by atoms with E-state index in [0.29, 0.717) is 32.1 Å². The number of nitrogens with zero attached hydrogens (tertiary/aromatic N) is 3. The third kappa shape index (κ3) is 4.29. The molecule has 0 aliphatic carbocycles. The van der Waals surface area contributed by atoms with E-state index in [2.05, 4.69) is 10.3 Å². The fraction of sp³-hybridized carbons (Fsp3) is 0.750. The first kappa shape index (κ1) is 15.6. The minimum atomic E-state index is -1.06. The largest absolute Gasteiger partial charge is 0.476 e. The number of hydrogen-bond donors (Lipinski definition) is 1. The van der Waals surface area contributed by atoms with E-state index in [-0.39, 0.29) is 11.1 Å². The minimum absolute atomic E-state index is 0.00407. The van der Waals surface area contributed by atoms with Crippen molar-refractivity contribution in [3.63, 3.8) is 0 Å². The Kier molecular flexibility index (Phi) is 5.44. The molecule has 19 heavy (non-hydrogen) atoms. The molecule has 0 fully saturated rings. The van der Waals surface area contributed by atoms with Crippen LogP contribution >= 0.6 is 0 Å². The van der Waals surface area contributed by atoms with Gasteiger partial charge in [-0.25, -0.2) is 9.48 Å². The molecule has 0 saturated heterocycles. The first-order valence-electron chi connectivity index (χ1n) is 6.12. The van der Waals surface area contributed by atoms with Crippen LogP contribution in [0.5, 0.6) is 0 Å². The van der Waals surface area contributed by atoms with E-state index in [4.69, 9.17) is 14.6 Å². The summed E-state index contributed by atoms with van der Waals surface area (Å²) in [6, 6.07) is 0. The number of ether oxygens (including phenoxy) is 2. The van der Waals surface area contributed by atoms with Crippen molar-refractivity contribution >= 4 is 5.97 Å². The molecule has 0 aliphatic rings. The molecule has 0 spiro atoms. The van der Waals surface area contributed by atoms with E-state index in [1.165, 1.54) is 0 Å². The Hall–Kier alpha value is -1.47. The summed E-state index contributed by atoms with van der Waals surface area (Å²) in [4.78, 5) is 11.1. The summed E-state index contributed by atoms with van der Waals surface area (Å²) in [5, 5.41) is 16.7. The second kappa shape index (κ2) is 6.63. The Morgan fingerprint density at radius 2 is 2.00 bits per heavy atom. The van der Waals surface area contributed by atoms with Gasteiger partial charge < -0.3 is 14.6 Å². The van der Waals surface area contributed by atoms with Crippen LogP contribution in [0.25, 0.3) is 0 Å². The quantitative estimate of drug-likeness (QED) is 0.743. The highest BCUT2D eigenvalue weighted by Gasteiger charge is 2.28. The monoisotopic (exact) mass is 271 g/mol. The van der Waals surface area contributed by atoms with Gasteiger partial charge in [-0.05, 0) is 0 Å². The van der Waals surface area contributed by atoms with Crippen LogP contribution < -0.4 is 0 Å². The van der Waals surface area contributed by atoms with Gasteiger partial charge in [0.25, 0.3) is 0 Å². The van der Waals surface area contributed by atoms with Crippen molar-refractivity contribution in [2.45, 2.75) is 32.7 Å². The number of rotatable bonds is 7. The van der Waals surface area contributed by atoms with Crippen LogP contribution in [0.2, 0.25) is 0 Å². The van der Waals surface area contributed by atoms with Crippen molar-refractivity contribution in [3.8, 4) is 0 Å². The maximum Gasteiger partial charge on any atom is 0.358 e. The topological polar surface area (TPSA) is 86.5 Å². The molecule has 1 N–H and O–H groups in total. The molecule has 7 nitrogen and oxygen atoms in total. The zero-order chi connectivity index (χ0) is 14.5. The van der Waals surface area contributed by atoms with Gasteiger partial charge in [0.05, 0.1) is 32.1 Å². The number of methoxy groups -OCH3 is 1. The summed E-state index contributed by atoms with van der Waals surface area (Å²) in [7, 11) is 1.61. The van der Waals surface area contributed by atoms with E-state index in [1.807, 2.05) is 20.8 Å². The van der Waals surface area contributed by atoms with E-state index >= 15 is 0 Å². The third-order valence-electron chi connectivity index (χ3n) is 2.53. The lowest BCUT2D eigenvalue weighted by Crippen LogP contribution is -2.23. The smallest absolute Gasteiger partial charge is 0.358 e. The highest BCUT2D eigenvalue weighted by molar-refractivity contribution is 5.86. The lowest BCUT2D eigenvalue weighted by Gasteiger charge is -2.20. The Morgan fingerprint density at radius 3 is 2.53 bits per heavy atom. The molecule has 0 bridgehead atoms. The SMILES string of the molecule is COCCOCCn1nnc(C(=O)O)c1C(C)(C)C. The maximum atomic E-state index is 11.1. The normalized spacial score (nSPS) is 11.8. The van der Waals surface area contributed by atoms with E-state index in [0.717, 1.165) is 0 Å². The van der Waals surface area contributed by atoms with Crippen molar-refractivity contribution in [2.24, 2.45) is 0 Å². The molecule has 0 unspecified atom stereocenters. The van der Waals surface area contributed by atoms with Gasteiger partial charge in [0, 0.05) is 12.5 Å². The second-order valence-corrected chi connectivity index (χ2v) is 5.17. The molecule has 1 rings (SSSR count). The fourth-order valence-electron chi connectivity index (χ4n) is 1.75. The van der Waals surface area contributed by atoms with Crippen LogP contribution in [0.15, 0.2) is 0 Å². The average molecular weight is 271 g/mol. The first-order chi connectivity index (χ1) is 8.88. The fourth-order valence-corrected chi connectivity index (χ4v) is 1.75. The van der Waals surface area contributed by atoms with Crippen LogP contribution in [0.3, 0.4) is 0 Å². The Bertz CT molecular complexity index is 423. The zero-order valence-corrected chi connectivity index (χ0v) is 11.8. The number of hydrogen-bond acceptors (Lipinski definition) is 5. The summed E-state index contributed by atoms with van der Waals surface area (Å²) in [5.74, 6) is -1.06. The van der Waals surface area contributed by atoms with E-state index in [9.17, 15) is 4.79 Å².